The highest BCUT2D eigenvalue weighted by Crippen LogP contribution is 2.22. The molecule has 1 aliphatic rings. The highest BCUT2D eigenvalue weighted by molar-refractivity contribution is 6.00. The highest BCUT2D eigenvalue weighted by atomic mass is 16.5. The summed E-state index contributed by atoms with van der Waals surface area (Å²) in [6, 6.07) is 14.7. The third kappa shape index (κ3) is 3.51. The molecule has 1 N–H and O–H groups in total. The van der Waals surface area contributed by atoms with Crippen LogP contribution in [-0.4, -0.2) is 33.4 Å². The van der Waals surface area contributed by atoms with Gasteiger partial charge in [0.15, 0.2) is 0 Å². The molecule has 3 aromatic rings. The van der Waals surface area contributed by atoms with E-state index in [0.29, 0.717) is 23.8 Å². The fourth-order valence-electron chi connectivity index (χ4n) is 3.20. The minimum absolute atomic E-state index is 0.0171. The summed E-state index contributed by atoms with van der Waals surface area (Å²) in [5, 5.41) is 6.80. The number of hydrogen-bond donors (Lipinski definition) is 1. The first-order valence-electron chi connectivity index (χ1n) is 9.08. The van der Waals surface area contributed by atoms with Crippen molar-refractivity contribution in [2.75, 3.05) is 6.54 Å². The molecule has 2 amide bonds. The van der Waals surface area contributed by atoms with Gasteiger partial charge in [0.25, 0.3) is 5.91 Å². The lowest BCUT2D eigenvalue weighted by molar-refractivity contribution is -0.122. The van der Waals surface area contributed by atoms with Crippen molar-refractivity contribution in [2.24, 2.45) is 0 Å². The standard InChI is InChI=1S/C21H20N4O3/c1-13-7-9-15(10-8-13)19-23-20(28-24-19)14(2)22-18(26)12-25-11-16-5-3-4-6-17(16)21(25)27/h3-10,14H,11-12H2,1-2H3,(H,22,26)/t14-/m0/s1. The van der Waals surface area contributed by atoms with E-state index in [1.54, 1.807) is 13.0 Å². The van der Waals surface area contributed by atoms with Crippen molar-refractivity contribution in [1.82, 2.24) is 20.4 Å². The third-order valence-corrected chi connectivity index (χ3v) is 4.73. The summed E-state index contributed by atoms with van der Waals surface area (Å²) in [4.78, 5) is 30.7. The van der Waals surface area contributed by atoms with Crippen LogP contribution in [0.2, 0.25) is 0 Å². The van der Waals surface area contributed by atoms with E-state index in [9.17, 15) is 9.59 Å². The number of nitrogens with one attached hydrogen (secondary N) is 1. The van der Waals surface area contributed by atoms with Crippen LogP contribution >= 0.6 is 0 Å². The lowest BCUT2D eigenvalue weighted by atomic mass is 10.1. The van der Waals surface area contributed by atoms with Gasteiger partial charge in [0.2, 0.25) is 17.6 Å². The van der Waals surface area contributed by atoms with Crippen LogP contribution in [0.3, 0.4) is 0 Å². The minimum atomic E-state index is -0.459. The molecule has 0 bridgehead atoms. The van der Waals surface area contributed by atoms with Crippen LogP contribution in [0.15, 0.2) is 53.1 Å². The van der Waals surface area contributed by atoms with Gasteiger partial charge in [0.1, 0.15) is 12.6 Å². The van der Waals surface area contributed by atoms with Crippen molar-refractivity contribution in [3.8, 4) is 11.4 Å². The van der Waals surface area contributed by atoms with Crippen molar-refractivity contribution in [3.05, 3.63) is 71.1 Å². The van der Waals surface area contributed by atoms with E-state index >= 15 is 0 Å². The molecule has 7 nitrogen and oxygen atoms in total. The number of rotatable bonds is 5. The number of nitrogens with zero attached hydrogens (tertiary/aromatic N) is 3. The van der Waals surface area contributed by atoms with E-state index in [1.807, 2.05) is 49.4 Å². The third-order valence-electron chi connectivity index (χ3n) is 4.73. The van der Waals surface area contributed by atoms with Crippen molar-refractivity contribution >= 4 is 11.8 Å². The molecule has 4 rings (SSSR count). The number of carbonyl (C=O) groups is 2. The molecule has 0 saturated carbocycles. The fourth-order valence-corrected chi connectivity index (χ4v) is 3.20. The van der Waals surface area contributed by atoms with Gasteiger partial charge in [-0.1, -0.05) is 53.2 Å². The van der Waals surface area contributed by atoms with Gasteiger partial charge in [-0.2, -0.15) is 4.98 Å². The summed E-state index contributed by atoms with van der Waals surface area (Å²) in [5.74, 6) is 0.392. The Morgan fingerprint density at radius 1 is 1.21 bits per heavy atom. The number of fused-ring (bicyclic) bond motifs is 1. The topological polar surface area (TPSA) is 88.3 Å². The molecule has 0 fully saturated rings. The second-order valence-electron chi connectivity index (χ2n) is 6.93. The maximum absolute atomic E-state index is 12.4. The average Bonchev–Trinajstić information content (AvgIpc) is 3.29. The second-order valence-corrected chi connectivity index (χ2v) is 6.93. The molecule has 1 aliphatic heterocycles. The molecule has 1 atom stereocenters. The summed E-state index contributed by atoms with van der Waals surface area (Å²) in [6.07, 6.45) is 0. The number of amides is 2. The predicted octanol–water partition coefficient (Wildman–Crippen LogP) is 2.88. The largest absolute Gasteiger partial charge is 0.343 e. The fraction of sp³-hybridized carbons (Fsp3) is 0.238. The molecule has 7 heteroatoms. The molecule has 0 spiro atoms. The SMILES string of the molecule is Cc1ccc(-c2noc([C@H](C)NC(=O)CN3Cc4ccccc4C3=O)n2)cc1. The first-order valence-corrected chi connectivity index (χ1v) is 9.08. The van der Waals surface area contributed by atoms with E-state index in [2.05, 4.69) is 15.5 Å². The maximum Gasteiger partial charge on any atom is 0.254 e. The van der Waals surface area contributed by atoms with Crippen LogP contribution in [0.4, 0.5) is 0 Å². The van der Waals surface area contributed by atoms with E-state index in [0.717, 1.165) is 16.7 Å². The Kier molecular flexibility index (Phi) is 4.65. The Hall–Kier alpha value is -3.48. The predicted molar refractivity (Wildman–Crippen MR) is 102 cm³/mol. The monoisotopic (exact) mass is 376 g/mol. The molecular formula is C21H20N4O3. The molecule has 142 valence electrons. The van der Waals surface area contributed by atoms with Gasteiger partial charge in [0, 0.05) is 17.7 Å². The smallest absolute Gasteiger partial charge is 0.254 e. The molecule has 1 aromatic heterocycles. The number of aromatic nitrogens is 2. The lowest BCUT2D eigenvalue weighted by Crippen LogP contribution is -2.38. The van der Waals surface area contributed by atoms with Crippen LogP contribution in [0.5, 0.6) is 0 Å². The Balaban J connectivity index is 1.38. The number of benzene rings is 2. The van der Waals surface area contributed by atoms with Crippen LogP contribution in [0.25, 0.3) is 11.4 Å². The molecule has 0 aliphatic carbocycles. The summed E-state index contributed by atoms with van der Waals surface area (Å²) < 4.78 is 5.30. The average molecular weight is 376 g/mol. The van der Waals surface area contributed by atoms with Crippen LogP contribution in [-0.2, 0) is 11.3 Å². The Morgan fingerprint density at radius 3 is 2.71 bits per heavy atom. The van der Waals surface area contributed by atoms with Gasteiger partial charge in [-0.15, -0.1) is 0 Å². The van der Waals surface area contributed by atoms with Crippen molar-refractivity contribution < 1.29 is 14.1 Å². The maximum atomic E-state index is 12.4. The summed E-state index contributed by atoms with van der Waals surface area (Å²) in [6.45, 7) is 4.20. The first-order chi connectivity index (χ1) is 13.5. The number of aryl methyl sites for hydroxylation is 1. The molecule has 28 heavy (non-hydrogen) atoms. The molecule has 2 heterocycles. The van der Waals surface area contributed by atoms with Crippen LogP contribution < -0.4 is 5.32 Å². The summed E-state index contributed by atoms with van der Waals surface area (Å²) in [5.41, 5.74) is 3.59. The van der Waals surface area contributed by atoms with Crippen molar-refractivity contribution in [1.29, 1.82) is 0 Å². The second kappa shape index (κ2) is 7.26. The van der Waals surface area contributed by atoms with Gasteiger partial charge in [-0.25, -0.2) is 0 Å². The zero-order valence-electron chi connectivity index (χ0n) is 15.7. The van der Waals surface area contributed by atoms with Gasteiger partial charge in [-0.05, 0) is 25.5 Å². The number of hydrogen-bond acceptors (Lipinski definition) is 5. The zero-order valence-corrected chi connectivity index (χ0v) is 15.7. The van der Waals surface area contributed by atoms with Crippen LogP contribution in [0.1, 0.15) is 40.3 Å². The van der Waals surface area contributed by atoms with Gasteiger partial charge in [0.05, 0.1) is 0 Å². The van der Waals surface area contributed by atoms with E-state index in [4.69, 9.17) is 4.52 Å². The van der Waals surface area contributed by atoms with Crippen molar-refractivity contribution in [3.63, 3.8) is 0 Å². The summed E-state index contributed by atoms with van der Waals surface area (Å²) in [7, 11) is 0. The Labute approximate surface area is 162 Å². The van der Waals surface area contributed by atoms with Gasteiger partial charge >= 0.3 is 0 Å². The molecule has 0 radical (unpaired) electrons. The zero-order chi connectivity index (χ0) is 19.7. The molecule has 2 aromatic carbocycles. The molecule has 0 saturated heterocycles. The summed E-state index contributed by atoms with van der Waals surface area (Å²) >= 11 is 0. The highest BCUT2D eigenvalue weighted by Gasteiger charge is 2.29. The molecule has 0 unspecified atom stereocenters. The van der Waals surface area contributed by atoms with E-state index < -0.39 is 6.04 Å². The van der Waals surface area contributed by atoms with Crippen LogP contribution in [0, 0.1) is 6.92 Å². The molecular weight excluding hydrogens is 356 g/mol. The lowest BCUT2D eigenvalue weighted by Gasteiger charge is -2.16. The number of carbonyl (C=O) groups excluding carboxylic acids is 2. The minimum Gasteiger partial charge on any atom is -0.343 e. The van der Waals surface area contributed by atoms with E-state index in [-0.39, 0.29) is 18.4 Å². The van der Waals surface area contributed by atoms with E-state index in [1.165, 1.54) is 4.90 Å². The Morgan fingerprint density at radius 2 is 1.96 bits per heavy atom. The normalized spacial score (nSPS) is 14.1. The van der Waals surface area contributed by atoms with Gasteiger partial charge in [-0.3, -0.25) is 9.59 Å². The Bertz CT molecular complexity index is 1030. The quantitative estimate of drug-likeness (QED) is 0.740. The van der Waals surface area contributed by atoms with Gasteiger partial charge < -0.3 is 14.7 Å². The van der Waals surface area contributed by atoms with Crippen molar-refractivity contribution in [2.45, 2.75) is 26.4 Å². The first kappa shape index (κ1) is 17.9.